The third kappa shape index (κ3) is 8.08. The number of nitrogens with zero attached hydrogens (tertiary/aromatic N) is 4. The molecule has 0 spiro atoms. The number of likely N-dealkylation sites (tertiary alicyclic amines) is 1. The van der Waals surface area contributed by atoms with E-state index in [-0.39, 0.29) is 17.3 Å². The van der Waals surface area contributed by atoms with E-state index in [1.165, 1.54) is 12.1 Å². The summed E-state index contributed by atoms with van der Waals surface area (Å²) in [5.41, 5.74) is 1.29. The van der Waals surface area contributed by atoms with E-state index in [0.717, 1.165) is 37.9 Å². The van der Waals surface area contributed by atoms with E-state index in [1.54, 1.807) is 24.3 Å². The summed E-state index contributed by atoms with van der Waals surface area (Å²) in [6.07, 6.45) is -2.51. The van der Waals surface area contributed by atoms with Gasteiger partial charge in [-0.15, -0.1) is 0 Å². The fraction of sp³-hybridized carbons (Fsp3) is 0.516. The van der Waals surface area contributed by atoms with Crippen LogP contribution in [0.2, 0.25) is 5.02 Å². The zero-order chi connectivity index (χ0) is 33.7. The van der Waals surface area contributed by atoms with Crippen molar-refractivity contribution in [2.24, 2.45) is 5.41 Å². The van der Waals surface area contributed by atoms with Crippen LogP contribution in [-0.4, -0.2) is 70.5 Å². The zero-order valence-electron chi connectivity index (χ0n) is 25.9. The molecule has 1 saturated heterocycles. The van der Waals surface area contributed by atoms with E-state index in [9.17, 15) is 26.7 Å². The molecule has 4 N–H and O–H groups in total. The highest BCUT2D eigenvalue weighted by Gasteiger charge is 2.56. The molecule has 11 nitrogen and oxygen atoms in total. The Kier molecular flexibility index (Phi) is 8.83. The van der Waals surface area contributed by atoms with Gasteiger partial charge >= 0.3 is 12.2 Å². The maximum absolute atomic E-state index is 13.3. The Morgan fingerprint density at radius 3 is 2.21 bits per heavy atom. The van der Waals surface area contributed by atoms with Gasteiger partial charge in [0.2, 0.25) is 21.9 Å². The first-order valence-electron chi connectivity index (χ1n) is 15.3. The van der Waals surface area contributed by atoms with E-state index in [2.05, 4.69) is 49.1 Å². The Hall–Kier alpha value is -3.24. The van der Waals surface area contributed by atoms with Crippen molar-refractivity contribution >= 4 is 39.2 Å². The minimum Gasteiger partial charge on any atom is -0.454 e. The van der Waals surface area contributed by atoms with Crippen molar-refractivity contribution in [1.29, 1.82) is 0 Å². The van der Waals surface area contributed by atoms with Crippen molar-refractivity contribution in [1.82, 2.24) is 24.6 Å². The fourth-order valence-corrected chi connectivity index (χ4v) is 7.71. The fourth-order valence-electron chi connectivity index (χ4n) is 5.91. The summed E-state index contributed by atoms with van der Waals surface area (Å²) in [4.78, 5) is 14.6. The van der Waals surface area contributed by atoms with Gasteiger partial charge in [0.15, 0.2) is 6.61 Å². The zero-order valence-corrected chi connectivity index (χ0v) is 27.5. The van der Waals surface area contributed by atoms with Crippen LogP contribution >= 0.6 is 11.6 Å². The first-order chi connectivity index (χ1) is 22.0. The van der Waals surface area contributed by atoms with E-state index in [0.29, 0.717) is 35.7 Å². The molecule has 6 rings (SSSR count). The van der Waals surface area contributed by atoms with Gasteiger partial charge in [-0.05, 0) is 79.5 Å². The normalized spacial score (nSPS) is 20.4. The quantitative estimate of drug-likeness (QED) is 0.170. The van der Waals surface area contributed by atoms with Crippen LogP contribution in [0.15, 0.2) is 48.5 Å². The third-order valence-corrected chi connectivity index (χ3v) is 11.3. The SMILES string of the molecule is CC1(C)CCN(CC2(S(=O)(=O)NC(O)c3ccc(Nc4nc(NC5(c6ccc(Cl)cc6)CC5)nc(OCC(F)(F)F)n4)cc3)CC2)C1. The maximum Gasteiger partial charge on any atom is 0.422 e. The summed E-state index contributed by atoms with van der Waals surface area (Å²) < 4.78 is 71.7. The van der Waals surface area contributed by atoms with Crippen molar-refractivity contribution < 1.29 is 31.4 Å². The van der Waals surface area contributed by atoms with Crippen LogP contribution in [0, 0.1) is 5.41 Å². The third-order valence-electron chi connectivity index (χ3n) is 8.87. The van der Waals surface area contributed by atoms with E-state index < -0.39 is 45.3 Å². The lowest BCUT2D eigenvalue weighted by Crippen LogP contribution is -2.45. The minimum absolute atomic E-state index is 0.0140. The van der Waals surface area contributed by atoms with Crippen LogP contribution in [0.1, 0.15) is 63.3 Å². The molecule has 0 bridgehead atoms. The Bertz CT molecular complexity index is 1700. The Balaban J connectivity index is 1.14. The molecule has 2 saturated carbocycles. The number of hydrogen-bond acceptors (Lipinski definition) is 10. The van der Waals surface area contributed by atoms with Crippen LogP contribution in [0.5, 0.6) is 6.01 Å². The van der Waals surface area contributed by atoms with Crippen molar-refractivity contribution in [3.63, 3.8) is 0 Å². The second-order valence-electron chi connectivity index (χ2n) is 13.5. The molecule has 0 amide bonds. The highest BCUT2D eigenvalue weighted by atomic mass is 35.5. The summed E-state index contributed by atoms with van der Waals surface area (Å²) >= 11 is 6.03. The number of ether oxygens (including phenoxy) is 1. The van der Waals surface area contributed by atoms with Crippen LogP contribution in [0.4, 0.5) is 30.8 Å². The number of halogens is 4. The summed E-state index contributed by atoms with van der Waals surface area (Å²) in [5, 5.41) is 17.5. The average molecular weight is 696 g/mol. The van der Waals surface area contributed by atoms with Crippen molar-refractivity contribution in [2.45, 2.75) is 68.6 Å². The van der Waals surface area contributed by atoms with Crippen LogP contribution in [-0.2, 0) is 15.6 Å². The van der Waals surface area contributed by atoms with Gasteiger partial charge in [0, 0.05) is 23.8 Å². The van der Waals surface area contributed by atoms with Crippen molar-refractivity contribution in [3.05, 3.63) is 64.7 Å². The molecule has 16 heteroatoms. The molecule has 2 aromatic carbocycles. The summed E-state index contributed by atoms with van der Waals surface area (Å²) in [6.45, 7) is 4.87. The van der Waals surface area contributed by atoms with Gasteiger partial charge < -0.3 is 25.4 Å². The first-order valence-corrected chi connectivity index (χ1v) is 17.2. The highest BCUT2D eigenvalue weighted by molar-refractivity contribution is 7.91. The Labute approximate surface area is 276 Å². The molecule has 0 radical (unpaired) electrons. The number of nitrogens with one attached hydrogen (secondary N) is 3. The van der Waals surface area contributed by atoms with Crippen molar-refractivity contribution in [2.75, 3.05) is 36.9 Å². The van der Waals surface area contributed by atoms with Gasteiger partial charge in [0.05, 0.1) is 10.3 Å². The van der Waals surface area contributed by atoms with Crippen molar-refractivity contribution in [3.8, 4) is 6.01 Å². The lowest BCUT2D eigenvalue weighted by atomic mass is 9.93. The van der Waals surface area contributed by atoms with Gasteiger partial charge in [-0.2, -0.15) is 32.8 Å². The summed E-state index contributed by atoms with van der Waals surface area (Å²) in [7, 11) is -3.83. The van der Waals surface area contributed by atoms with E-state index >= 15 is 0 Å². The van der Waals surface area contributed by atoms with Gasteiger partial charge in [-0.3, -0.25) is 0 Å². The number of anilines is 3. The monoisotopic (exact) mass is 695 g/mol. The molecule has 3 aromatic rings. The number of aliphatic hydroxyl groups is 1. The smallest absolute Gasteiger partial charge is 0.422 e. The molecule has 2 aliphatic carbocycles. The molecular weight excluding hydrogens is 659 g/mol. The molecule has 1 unspecified atom stereocenters. The molecule has 1 aliphatic heterocycles. The Morgan fingerprint density at radius 2 is 1.64 bits per heavy atom. The van der Waals surface area contributed by atoms with Crippen LogP contribution < -0.4 is 20.1 Å². The van der Waals surface area contributed by atoms with Crippen LogP contribution in [0.25, 0.3) is 0 Å². The van der Waals surface area contributed by atoms with Gasteiger partial charge in [-0.25, -0.2) is 8.42 Å². The summed E-state index contributed by atoms with van der Waals surface area (Å²) in [6, 6.07) is 12.9. The van der Waals surface area contributed by atoms with Gasteiger partial charge in [0.25, 0.3) is 0 Å². The molecule has 1 atom stereocenters. The number of rotatable bonds is 13. The molecule has 2 heterocycles. The topological polar surface area (TPSA) is 142 Å². The lowest BCUT2D eigenvalue weighted by molar-refractivity contribution is -0.154. The second-order valence-corrected chi connectivity index (χ2v) is 16.0. The number of aromatic nitrogens is 3. The number of aliphatic hydroxyl groups excluding tert-OH is 1. The number of sulfonamides is 1. The number of alkyl halides is 3. The minimum atomic E-state index is -4.60. The average Bonchev–Trinajstić information content (AvgIpc) is 3.91. The number of benzene rings is 2. The predicted octanol–water partition coefficient (Wildman–Crippen LogP) is 5.49. The molecule has 47 heavy (non-hydrogen) atoms. The Morgan fingerprint density at radius 1 is 0.979 bits per heavy atom. The van der Waals surface area contributed by atoms with Crippen LogP contribution in [0.3, 0.4) is 0 Å². The predicted molar refractivity (Wildman–Crippen MR) is 171 cm³/mol. The lowest BCUT2D eigenvalue weighted by Gasteiger charge is -2.26. The molecule has 3 fully saturated rings. The van der Waals surface area contributed by atoms with Gasteiger partial charge in [0.1, 0.15) is 6.23 Å². The van der Waals surface area contributed by atoms with E-state index in [4.69, 9.17) is 16.3 Å². The highest BCUT2D eigenvalue weighted by Crippen LogP contribution is 2.48. The molecule has 1 aromatic heterocycles. The summed E-state index contributed by atoms with van der Waals surface area (Å²) in [5.74, 6) is -0.0681. The maximum atomic E-state index is 13.3. The van der Waals surface area contributed by atoms with Gasteiger partial charge in [-0.1, -0.05) is 49.7 Å². The molecule has 3 aliphatic rings. The van der Waals surface area contributed by atoms with E-state index in [1.807, 2.05) is 12.1 Å². The largest absolute Gasteiger partial charge is 0.454 e. The number of hydrogen-bond donors (Lipinski definition) is 4. The standard InChI is InChI=1S/C31H37ClF3N7O4S/c1-28(2)15-16-42(17-28)18-29(11-12-29)47(44,45)41-24(43)20-3-9-23(10-4-20)36-25-37-26(39-27(38-25)46-19-31(33,34)35)40-30(13-14-30)21-5-7-22(32)8-6-21/h3-10,24,41,43H,11-19H2,1-2H3,(H2,36,37,38,39,40). The second kappa shape index (κ2) is 12.3. The first kappa shape index (κ1) is 33.7. The molecule has 254 valence electrons. The molecular formula is C31H37ClF3N7O4S.